The summed E-state index contributed by atoms with van der Waals surface area (Å²) in [6.45, 7) is 0.185. The van der Waals surface area contributed by atoms with Crippen LogP contribution in [0.1, 0.15) is 0 Å². The minimum absolute atomic E-state index is 0.185. The Bertz CT molecular complexity index is 2770. The number of rotatable bonds is 2. The molecule has 3 heterocycles. The lowest BCUT2D eigenvalue weighted by Gasteiger charge is -2.36. The molecule has 3 heteroatoms. The van der Waals surface area contributed by atoms with Gasteiger partial charge in [-0.3, -0.25) is 0 Å². The molecule has 1 nitrogen and oxygen atoms in total. The minimum Gasteiger partial charge on any atom is -0.311 e. The zero-order valence-electron chi connectivity index (χ0n) is 25.4. The maximum Gasteiger partial charge on any atom is 0.248 e. The van der Waals surface area contributed by atoms with Crippen molar-refractivity contribution in [1.82, 2.24) is 0 Å². The lowest BCUT2D eigenvalue weighted by Crippen LogP contribution is -2.54. The van der Waals surface area contributed by atoms with Crippen LogP contribution in [0.2, 0.25) is 0 Å². The lowest BCUT2D eigenvalue weighted by molar-refractivity contribution is 1.31. The van der Waals surface area contributed by atoms with E-state index in [9.17, 15) is 0 Å². The van der Waals surface area contributed by atoms with E-state index in [0.29, 0.717) is 0 Å². The van der Waals surface area contributed by atoms with E-state index in [4.69, 9.17) is 0 Å². The van der Waals surface area contributed by atoms with E-state index in [0.717, 1.165) is 0 Å². The average Bonchev–Trinajstić information content (AvgIpc) is 3.67. The molecule has 0 amide bonds. The number of anilines is 3. The van der Waals surface area contributed by atoms with Crippen LogP contribution in [-0.2, 0) is 0 Å². The van der Waals surface area contributed by atoms with E-state index in [1.807, 2.05) is 11.3 Å². The van der Waals surface area contributed by atoms with Gasteiger partial charge in [-0.05, 0) is 103 Å². The highest BCUT2D eigenvalue weighted by Crippen LogP contribution is 2.45. The Hall–Kier alpha value is -5.64. The number of benzene rings is 8. The third-order valence-corrected chi connectivity index (χ3v) is 11.5. The molecule has 8 aromatic carbocycles. The molecule has 2 aliphatic rings. The maximum absolute atomic E-state index is 2.54. The van der Waals surface area contributed by atoms with E-state index in [-0.39, 0.29) is 6.71 Å². The zero-order valence-corrected chi connectivity index (χ0v) is 26.3. The van der Waals surface area contributed by atoms with Gasteiger partial charge in [0.1, 0.15) is 0 Å². The molecule has 2 aliphatic heterocycles. The van der Waals surface area contributed by atoms with E-state index in [1.165, 1.54) is 97.4 Å². The van der Waals surface area contributed by atoms with Gasteiger partial charge in [0, 0.05) is 37.2 Å². The summed E-state index contributed by atoms with van der Waals surface area (Å²) < 4.78 is 2.67. The Morgan fingerprint density at radius 1 is 0.426 bits per heavy atom. The summed E-state index contributed by atoms with van der Waals surface area (Å²) in [6, 6.07) is 59.1. The smallest absolute Gasteiger partial charge is 0.248 e. The van der Waals surface area contributed by atoms with Gasteiger partial charge in [0.2, 0.25) is 6.71 Å². The van der Waals surface area contributed by atoms with Crippen molar-refractivity contribution in [2.75, 3.05) is 4.90 Å². The van der Waals surface area contributed by atoms with Crippen molar-refractivity contribution in [1.29, 1.82) is 0 Å². The molecule has 0 atom stereocenters. The van der Waals surface area contributed by atoms with Crippen molar-refractivity contribution < 1.29 is 0 Å². The van der Waals surface area contributed by atoms with Gasteiger partial charge in [0.25, 0.3) is 0 Å². The molecule has 216 valence electrons. The molecule has 11 rings (SSSR count). The van der Waals surface area contributed by atoms with Crippen LogP contribution < -0.4 is 21.3 Å². The van der Waals surface area contributed by atoms with Gasteiger partial charge in [-0.15, -0.1) is 11.3 Å². The van der Waals surface area contributed by atoms with Gasteiger partial charge in [0.05, 0.1) is 0 Å². The molecule has 0 fully saturated rings. The summed E-state index contributed by atoms with van der Waals surface area (Å²) in [7, 11) is 0. The predicted molar refractivity (Wildman–Crippen MR) is 205 cm³/mol. The van der Waals surface area contributed by atoms with E-state index < -0.39 is 0 Å². The number of nitrogens with zero attached hydrogens (tertiary/aromatic N) is 1. The molecular weight excluding hydrogens is 585 g/mol. The largest absolute Gasteiger partial charge is 0.311 e. The van der Waals surface area contributed by atoms with Crippen molar-refractivity contribution >= 4 is 93.2 Å². The quantitative estimate of drug-likeness (QED) is 0.176. The minimum atomic E-state index is 0.185. The first kappa shape index (κ1) is 25.5. The van der Waals surface area contributed by atoms with E-state index in [1.54, 1.807) is 0 Å². The first-order valence-corrected chi connectivity index (χ1v) is 17.1. The molecule has 0 bridgehead atoms. The molecule has 0 radical (unpaired) electrons. The van der Waals surface area contributed by atoms with Crippen LogP contribution in [0.15, 0.2) is 158 Å². The summed E-state index contributed by atoms with van der Waals surface area (Å²) in [4.78, 5) is 2.54. The summed E-state index contributed by atoms with van der Waals surface area (Å²) >= 11 is 1.88. The van der Waals surface area contributed by atoms with Crippen molar-refractivity contribution in [3.63, 3.8) is 0 Å². The van der Waals surface area contributed by atoms with Gasteiger partial charge in [-0.1, -0.05) is 115 Å². The second kappa shape index (κ2) is 9.45. The standard InChI is InChI=1S/C44H26BNS/c1-2-10-28-21-33(19-17-27(28)9-1)46-40-25-30-12-4-3-11-29(30)24-39(40)45-38-15-7-5-13-34(38)37-23-32(26-41(46)44(37)45)31-18-20-43-36(22-31)35-14-6-8-16-42(35)47-43/h1-26H. The molecule has 0 saturated carbocycles. The molecule has 9 aromatic rings. The molecule has 0 N–H and O–H groups in total. The Kier molecular flexibility index (Phi) is 5.14. The van der Waals surface area contributed by atoms with Crippen LogP contribution in [-0.4, -0.2) is 6.71 Å². The highest BCUT2D eigenvalue weighted by molar-refractivity contribution is 7.25. The molecule has 0 saturated heterocycles. The van der Waals surface area contributed by atoms with Crippen molar-refractivity contribution in [2.24, 2.45) is 0 Å². The summed E-state index contributed by atoms with van der Waals surface area (Å²) in [5.74, 6) is 0. The fourth-order valence-electron chi connectivity index (χ4n) is 8.29. The van der Waals surface area contributed by atoms with Gasteiger partial charge in [0.15, 0.2) is 0 Å². The fraction of sp³-hybridized carbons (Fsp3) is 0. The van der Waals surface area contributed by atoms with Crippen LogP contribution in [0.5, 0.6) is 0 Å². The molecule has 0 aliphatic carbocycles. The number of hydrogen-bond donors (Lipinski definition) is 0. The zero-order chi connectivity index (χ0) is 30.6. The number of thiophene rings is 1. The molecule has 0 unspecified atom stereocenters. The average molecular weight is 612 g/mol. The van der Waals surface area contributed by atoms with Crippen molar-refractivity contribution in [3.05, 3.63) is 158 Å². The molecular formula is C44H26BNS. The summed E-state index contributed by atoms with van der Waals surface area (Å²) in [5, 5.41) is 7.72. The topological polar surface area (TPSA) is 3.24 Å². The third kappa shape index (κ3) is 3.61. The van der Waals surface area contributed by atoms with Gasteiger partial charge >= 0.3 is 0 Å². The molecule has 47 heavy (non-hydrogen) atoms. The van der Waals surface area contributed by atoms with E-state index in [2.05, 4.69) is 163 Å². The Morgan fingerprint density at radius 2 is 1.15 bits per heavy atom. The SMILES string of the molecule is c1ccc2c(c1)B1c3cc4ccccc4cc3N(c3ccc4ccccc4c3)c3cc(-c4ccc5sc6ccccc6c5c4)cc-2c31. The first-order chi connectivity index (χ1) is 23.3. The maximum atomic E-state index is 2.54. The van der Waals surface area contributed by atoms with Crippen LogP contribution >= 0.6 is 11.3 Å². The number of fused-ring (bicyclic) bond motifs is 10. The molecule has 1 aromatic heterocycles. The van der Waals surface area contributed by atoms with Gasteiger partial charge < -0.3 is 4.90 Å². The van der Waals surface area contributed by atoms with Crippen LogP contribution in [0.4, 0.5) is 17.1 Å². The second-order valence-corrected chi connectivity index (χ2v) is 14.0. The summed E-state index contributed by atoms with van der Waals surface area (Å²) in [6.07, 6.45) is 0. The van der Waals surface area contributed by atoms with Crippen LogP contribution in [0.25, 0.3) is 64.0 Å². The lowest BCUT2D eigenvalue weighted by atomic mass is 9.37. The highest BCUT2D eigenvalue weighted by atomic mass is 32.1. The fourth-order valence-corrected chi connectivity index (χ4v) is 9.37. The van der Waals surface area contributed by atoms with Crippen molar-refractivity contribution in [3.8, 4) is 22.3 Å². The normalized spacial score (nSPS) is 13.0. The number of hydrogen-bond acceptors (Lipinski definition) is 2. The second-order valence-electron chi connectivity index (χ2n) is 12.9. The van der Waals surface area contributed by atoms with Gasteiger partial charge in [-0.2, -0.15) is 0 Å². The highest BCUT2D eigenvalue weighted by Gasteiger charge is 2.42. The molecule has 0 spiro atoms. The van der Waals surface area contributed by atoms with Gasteiger partial charge in [-0.25, -0.2) is 0 Å². The predicted octanol–water partition coefficient (Wildman–Crippen LogP) is 10.3. The van der Waals surface area contributed by atoms with Crippen LogP contribution in [0.3, 0.4) is 0 Å². The monoisotopic (exact) mass is 611 g/mol. The first-order valence-electron chi connectivity index (χ1n) is 16.3. The third-order valence-electron chi connectivity index (χ3n) is 10.4. The van der Waals surface area contributed by atoms with Crippen molar-refractivity contribution in [2.45, 2.75) is 0 Å². The van der Waals surface area contributed by atoms with Crippen LogP contribution in [0, 0.1) is 0 Å². The Morgan fingerprint density at radius 3 is 2.04 bits per heavy atom. The van der Waals surface area contributed by atoms with E-state index >= 15 is 0 Å². The Balaban J connectivity index is 1.23. The Labute approximate surface area is 277 Å². The summed E-state index contributed by atoms with van der Waals surface area (Å²) in [5.41, 5.74) is 13.1.